The number of benzene rings is 4. The number of carbonyl (C=O) groups is 1. The number of nitrogens with one attached hydrogen (secondary N) is 2. The van der Waals surface area contributed by atoms with Crippen molar-refractivity contribution in [1.29, 1.82) is 15.8 Å². The van der Waals surface area contributed by atoms with Crippen LogP contribution in [0.4, 0.5) is 17.6 Å². The summed E-state index contributed by atoms with van der Waals surface area (Å²) >= 11 is 6.54. The van der Waals surface area contributed by atoms with E-state index in [1.807, 2.05) is 44.2 Å². The van der Waals surface area contributed by atoms with Crippen LogP contribution in [0.2, 0.25) is 5.02 Å². The SMILES string of the molecule is CCCOc1c(C#N)cc2c(c1C#N)CCC2c1ccc(OCc2ccnc(NS(C)(=O)=O)n2)cc1.CCCOc1c(C#N)cc2c(c1Cl)CN(c1ccc(OCc3ccnc(NS(C)(=O)=O)n3)cc1)C2=O. The van der Waals surface area contributed by atoms with Crippen molar-refractivity contribution >= 4 is 55.1 Å². The number of anilines is 3. The van der Waals surface area contributed by atoms with Gasteiger partial charge in [-0.05, 0) is 103 Å². The van der Waals surface area contributed by atoms with Gasteiger partial charge in [0.15, 0.2) is 11.5 Å². The lowest BCUT2D eigenvalue weighted by atomic mass is 9.90. The molecule has 1 aliphatic carbocycles. The third kappa shape index (κ3) is 12.6. The van der Waals surface area contributed by atoms with Gasteiger partial charge in [0.05, 0.1) is 65.4 Å². The number of rotatable bonds is 18. The number of sulfonamides is 2. The van der Waals surface area contributed by atoms with E-state index in [1.54, 1.807) is 41.3 Å². The lowest BCUT2D eigenvalue weighted by Gasteiger charge is -2.16. The summed E-state index contributed by atoms with van der Waals surface area (Å²) < 4.78 is 72.9. The van der Waals surface area contributed by atoms with Crippen LogP contribution in [0.15, 0.2) is 85.2 Å². The molecule has 370 valence electrons. The first-order valence-electron chi connectivity index (χ1n) is 22.4. The van der Waals surface area contributed by atoms with E-state index in [0.717, 1.165) is 54.9 Å². The molecule has 3 heterocycles. The number of hydrogen-bond donors (Lipinski definition) is 2. The summed E-state index contributed by atoms with van der Waals surface area (Å²) in [6.07, 6.45) is 8.07. The molecule has 22 heteroatoms. The molecule has 6 aromatic rings. The van der Waals surface area contributed by atoms with Gasteiger partial charge in [-0.25, -0.2) is 36.8 Å². The number of nitriles is 3. The second-order valence-electron chi connectivity index (χ2n) is 16.4. The molecule has 0 spiro atoms. The number of carbonyl (C=O) groups excluding carboxylic acids is 1. The number of nitrogens with zero attached hydrogens (tertiary/aromatic N) is 8. The third-order valence-electron chi connectivity index (χ3n) is 11.0. The first-order chi connectivity index (χ1) is 34.5. The molecule has 1 amide bonds. The Morgan fingerprint density at radius 1 is 0.708 bits per heavy atom. The summed E-state index contributed by atoms with van der Waals surface area (Å²) in [4.78, 5) is 30.7. The maximum absolute atomic E-state index is 13.1. The van der Waals surface area contributed by atoms with E-state index in [0.29, 0.717) is 75.5 Å². The van der Waals surface area contributed by atoms with Crippen LogP contribution in [-0.2, 0) is 46.2 Å². The number of amides is 1. The lowest BCUT2D eigenvalue weighted by Crippen LogP contribution is -2.22. The molecule has 19 nitrogen and oxygen atoms in total. The highest BCUT2D eigenvalue weighted by Crippen LogP contribution is 2.44. The van der Waals surface area contributed by atoms with Gasteiger partial charge in [-0.3, -0.25) is 14.2 Å². The van der Waals surface area contributed by atoms with E-state index < -0.39 is 20.0 Å². The predicted octanol–water partition coefficient (Wildman–Crippen LogP) is 7.94. The van der Waals surface area contributed by atoms with E-state index in [1.165, 1.54) is 18.5 Å². The lowest BCUT2D eigenvalue weighted by molar-refractivity contribution is 0.0996. The minimum Gasteiger partial charge on any atom is -0.491 e. The largest absolute Gasteiger partial charge is 0.491 e. The number of aromatic nitrogens is 4. The number of ether oxygens (including phenoxy) is 4. The van der Waals surface area contributed by atoms with Crippen molar-refractivity contribution in [1.82, 2.24) is 19.9 Å². The Morgan fingerprint density at radius 3 is 1.75 bits per heavy atom. The molecule has 2 aliphatic rings. The van der Waals surface area contributed by atoms with Crippen molar-refractivity contribution < 1.29 is 40.6 Å². The van der Waals surface area contributed by atoms with Gasteiger partial charge in [-0.2, -0.15) is 15.8 Å². The fraction of sp³-hybridized carbons (Fsp3) is 0.280. The zero-order valence-corrected chi connectivity index (χ0v) is 41.9. The summed E-state index contributed by atoms with van der Waals surface area (Å²) in [5.41, 5.74) is 6.74. The molecule has 0 fully saturated rings. The minimum atomic E-state index is -3.49. The normalized spacial score (nSPS) is 13.6. The number of fused-ring (bicyclic) bond motifs is 2. The van der Waals surface area contributed by atoms with E-state index in [2.05, 4.69) is 47.6 Å². The molecule has 8 rings (SSSR count). The Morgan fingerprint density at radius 2 is 1.24 bits per heavy atom. The summed E-state index contributed by atoms with van der Waals surface area (Å²) in [5.74, 6) is 1.62. The van der Waals surface area contributed by atoms with Crippen LogP contribution >= 0.6 is 11.6 Å². The fourth-order valence-corrected chi connectivity index (χ4v) is 9.07. The maximum atomic E-state index is 13.1. The average Bonchev–Trinajstić information content (AvgIpc) is 3.93. The third-order valence-corrected chi connectivity index (χ3v) is 12.5. The van der Waals surface area contributed by atoms with Crippen LogP contribution < -0.4 is 33.3 Å². The zero-order chi connectivity index (χ0) is 51.6. The molecule has 2 aromatic heterocycles. The van der Waals surface area contributed by atoms with E-state index >= 15 is 0 Å². The van der Waals surface area contributed by atoms with Crippen molar-refractivity contribution in [2.75, 3.05) is 40.1 Å². The monoisotopic (exact) mass is 1030 g/mol. The second-order valence-corrected chi connectivity index (χ2v) is 20.3. The topological polar surface area (TPSA) is 272 Å². The van der Waals surface area contributed by atoms with Gasteiger partial charge in [0.25, 0.3) is 5.91 Å². The molecular weight excluding hydrogens is 984 g/mol. The maximum Gasteiger partial charge on any atom is 0.259 e. The highest BCUT2D eigenvalue weighted by atomic mass is 35.5. The standard InChI is InChI=1S/C26H25N5O4S.C24H22ClN5O5S/c1-3-12-34-25-18(14-27)13-23-21(8-9-22(23)24(25)15-28)17-4-6-20(7-5-17)35-16-19-10-11-29-26(30-19)31-36(2,32)33;1-3-10-34-22-15(12-26)11-19-20(21(22)25)13-30(23(19)31)17-4-6-18(7-5-17)35-14-16-8-9-27-24(28-16)29-36(2,32)33/h4-7,10-11,13,21H,3,8-9,12,16H2,1-2H3,(H,29,30,31);4-9,11H,3,10,13-14H2,1-2H3,(H,27,28,29). The van der Waals surface area contributed by atoms with Gasteiger partial charge in [0, 0.05) is 35.1 Å². The molecule has 1 unspecified atom stereocenters. The van der Waals surface area contributed by atoms with Crippen molar-refractivity contribution in [3.63, 3.8) is 0 Å². The first-order valence-corrected chi connectivity index (χ1v) is 26.6. The van der Waals surface area contributed by atoms with Crippen LogP contribution in [0.5, 0.6) is 23.0 Å². The van der Waals surface area contributed by atoms with E-state index in [4.69, 9.17) is 30.5 Å². The van der Waals surface area contributed by atoms with Gasteiger partial charge >= 0.3 is 0 Å². The number of hydrogen-bond acceptors (Lipinski definition) is 16. The Labute approximate surface area is 422 Å². The van der Waals surface area contributed by atoms with Crippen LogP contribution in [0.25, 0.3) is 0 Å². The predicted molar refractivity (Wildman–Crippen MR) is 267 cm³/mol. The van der Waals surface area contributed by atoms with Crippen molar-refractivity contribution in [3.8, 4) is 41.2 Å². The van der Waals surface area contributed by atoms with Gasteiger partial charge in [0.2, 0.25) is 31.9 Å². The summed E-state index contributed by atoms with van der Waals surface area (Å²) in [5, 5.41) is 29.3. The van der Waals surface area contributed by atoms with Crippen LogP contribution in [0.1, 0.15) is 99.7 Å². The van der Waals surface area contributed by atoms with Gasteiger partial charge < -0.3 is 23.8 Å². The van der Waals surface area contributed by atoms with E-state index in [9.17, 15) is 37.4 Å². The fourth-order valence-electron chi connectivity index (χ4n) is 7.89. The quantitative estimate of drug-likeness (QED) is 0.0826. The van der Waals surface area contributed by atoms with Gasteiger partial charge in [-0.15, -0.1) is 0 Å². The van der Waals surface area contributed by atoms with Gasteiger partial charge in [-0.1, -0.05) is 37.6 Å². The Kier molecular flexibility index (Phi) is 16.4. The van der Waals surface area contributed by atoms with Crippen LogP contribution in [-0.4, -0.2) is 68.4 Å². The minimum absolute atomic E-state index is 0.00873. The molecule has 0 saturated carbocycles. The highest BCUT2D eigenvalue weighted by molar-refractivity contribution is 7.92. The molecule has 0 radical (unpaired) electrons. The smallest absolute Gasteiger partial charge is 0.259 e. The summed E-state index contributed by atoms with van der Waals surface area (Å²) in [7, 11) is -6.96. The van der Waals surface area contributed by atoms with Crippen molar-refractivity contribution in [2.45, 2.75) is 65.2 Å². The Hall–Kier alpha value is -8.03. The first kappa shape index (κ1) is 51.8. The molecule has 0 bridgehead atoms. The molecule has 0 saturated heterocycles. The zero-order valence-electron chi connectivity index (χ0n) is 39.5. The summed E-state index contributed by atoms with van der Waals surface area (Å²) in [6, 6.07) is 27.7. The highest BCUT2D eigenvalue weighted by Gasteiger charge is 2.34. The average molecular weight is 1030 g/mol. The second kappa shape index (κ2) is 22.8. The van der Waals surface area contributed by atoms with Crippen LogP contribution in [0, 0.1) is 34.0 Å². The molecule has 72 heavy (non-hydrogen) atoms. The number of halogens is 1. The Balaban J connectivity index is 0.000000211. The molecule has 4 aromatic carbocycles. The Bertz CT molecular complexity index is 3360. The molecule has 1 aliphatic heterocycles. The molecule has 1 atom stereocenters. The van der Waals surface area contributed by atoms with Crippen molar-refractivity contribution in [2.24, 2.45) is 0 Å². The molecular formula is C50H47ClN10O9S2. The van der Waals surface area contributed by atoms with Gasteiger partial charge in [0.1, 0.15) is 42.9 Å². The molecule has 2 N–H and O–H groups in total. The van der Waals surface area contributed by atoms with Crippen molar-refractivity contribution in [3.05, 3.63) is 146 Å². The van der Waals surface area contributed by atoms with Crippen LogP contribution in [0.3, 0.4) is 0 Å². The van der Waals surface area contributed by atoms with E-state index in [-0.39, 0.29) is 54.1 Å². The summed E-state index contributed by atoms with van der Waals surface area (Å²) in [6.45, 7) is 5.28.